The summed E-state index contributed by atoms with van der Waals surface area (Å²) in [7, 11) is 2.90. The van der Waals surface area contributed by atoms with Crippen LogP contribution in [0.1, 0.15) is 38.5 Å². The second-order valence-corrected chi connectivity index (χ2v) is 9.10. The van der Waals surface area contributed by atoms with E-state index in [1.165, 1.54) is 21.6 Å². The van der Waals surface area contributed by atoms with Crippen molar-refractivity contribution in [1.29, 1.82) is 0 Å². The smallest absolute Gasteiger partial charge is 0.221 e. The lowest BCUT2D eigenvalue weighted by atomic mass is 9.84. The van der Waals surface area contributed by atoms with Crippen LogP contribution >= 0.6 is 21.6 Å². The minimum absolute atomic E-state index is 0.00309. The van der Waals surface area contributed by atoms with Crippen LogP contribution in [0.15, 0.2) is 0 Å². The Bertz CT molecular complexity index is 507. The third-order valence-corrected chi connectivity index (χ3v) is 8.12. The number of rotatable bonds is 6. The zero-order chi connectivity index (χ0) is 17.9. The lowest BCUT2D eigenvalue weighted by Crippen LogP contribution is -2.48. The highest BCUT2D eigenvalue weighted by Gasteiger charge is 2.40. The van der Waals surface area contributed by atoms with Crippen molar-refractivity contribution in [3.8, 4) is 0 Å². The highest BCUT2D eigenvalue weighted by atomic mass is 33.1. The van der Waals surface area contributed by atoms with Gasteiger partial charge in [-0.15, -0.1) is 0 Å². The molecule has 2 fully saturated rings. The molecule has 0 aliphatic heterocycles. The molecule has 2 rings (SSSR count). The predicted octanol–water partition coefficient (Wildman–Crippen LogP) is -0.142. The second-order valence-electron chi connectivity index (χ2n) is 6.23. The van der Waals surface area contributed by atoms with Gasteiger partial charge in [0.1, 0.15) is 0 Å². The first-order valence-corrected chi connectivity index (χ1v) is 10.0. The largest absolute Gasteiger partial charge is 0.847 e. The molecular formula is C13H18N2O7S2-2. The number of hydrogen-bond donors (Lipinski definition) is 0. The number of nitro groups is 2. The molecule has 2 saturated carbocycles. The minimum atomic E-state index is -1.39. The molecule has 0 saturated heterocycles. The molecule has 2 aliphatic rings. The first-order chi connectivity index (χ1) is 11.3. The summed E-state index contributed by atoms with van der Waals surface area (Å²) in [6, 6.07) is -2.12. The van der Waals surface area contributed by atoms with Crippen LogP contribution in [0.2, 0.25) is 0 Å². The first-order valence-electron chi connectivity index (χ1n) is 7.75. The van der Waals surface area contributed by atoms with E-state index in [0.29, 0.717) is 12.8 Å². The predicted molar refractivity (Wildman–Crippen MR) is 84.3 cm³/mol. The number of carbonyl (C=O) groups is 1. The maximum atomic E-state index is 11.8. The summed E-state index contributed by atoms with van der Waals surface area (Å²) in [5, 5.41) is 44.6. The van der Waals surface area contributed by atoms with Gasteiger partial charge in [-0.05, 0) is 25.7 Å². The van der Waals surface area contributed by atoms with Gasteiger partial charge in [0.25, 0.3) is 0 Å². The molecule has 0 bridgehead atoms. The monoisotopic (exact) mass is 378 g/mol. The summed E-state index contributed by atoms with van der Waals surface area (Å²) in [5.41, 5.74) is 0. The quantitative estimate of drug-likeness (QED) is 0.349. The van der Waals surface area contributed by atoms with Gasteiger partial charge < -0.3 is 15.0 Å². The summed E-state index contributed by atoms with van der Waals surface area (Å²) in [6.45, 7) is 0. The summed E-state index contributed by atoms with van der Waals surface area (Å²) in [6.07, 6.45) is 0.757. The Kier molecular flexibility index (Phi) is 6.70. The molecule has 136 valence electrons. The molecule has 0 N–H and O–H groups in total. The Labute approximate surface area is 146 Å². The highest BCUT2D eigenvalue weighted by Crippen LogP contribution is 2.44. The number of aliphatic carboxylic acids is 1. The molecule has 0 aromatic carbocycles. The van der Waals surface area contributed by atoms with Crippen molar-refractivity contribution in [2.45, 2.75) is 67.2 Å². The Hall–Kier alpha value is -1.07. The van der Waals surface area contributed by atoms with E-state index in [0.717, 1.165) is 0 Å². The van der Waals surface area contributed by atoms with Crippen LogP contribution in [0.4, 0.5) is 0 Å². The van der Waals surface area contributed by atoms with Gasteiger partial charge in [-0.1, -0.05) is 27.7 Å². The first kappa shape index (κ1) is 19.3. The molecule has 2 aliphatic carbocycles. The number of hydrogen-bond acceptors (Lipinski definition) is 9. The van der Waals surface area contributed by atoms with Crippen molar-refractivity contribution in [3.05, 3.63) is 20.2 Å². The van der Waals surface area contributed by atoms with E-state index in [1.807, 2.05) is 0 Å². The van der Waals surface area contributed by atoms with Crippen LogP contribution < -0.4 is 10.2 Å². The van der Waals surface area contributed by atoms with Crippen molar-refractivity contribution in [3.63, 3.8) is 0 Å². The lowest BCUT2D eigenvalue weighted by Gasteiger charge is -2.36. The molecule has 0 heterocycles. The number of carbonyl (C=O) groups excluding carboxylic acids is 1. The standard InChI is InChI=1S/C13H19N2O7S2/c16-12-6-8(2-4-11(12)15(21)22)24-23-7-1-3-10(14(19)20)9(5-7)13(17)18/h7-12H,1-6H2,(H,17,18)/q-1/p-1. The van der Waals surface area contributed by atoms with Crippen molar-refractivity contribution in [1.82, 2.24) is 0 Å². The van der Waals surface area contributed by atoms with E-state index in [4.69, 9.17) is 0 Å². The van der Waals surface area contributed by atoms with Crippen LogP contribution in [0.25, 0.3) is 0 Å². The third kappa shape index (κ3) is 4.73. The van der Waals surface area contributed by atoms with E-state index >= 15 is 0 Å². The Morgan fingerprint density at radius 3 is 1.83 bits per heavy atom. The third-order valence-electron chi connectivity index (χ3n) is 4.65. The van der Waals surface area contributed by atoms with Gasteiger partial charge in [0.05, 0.1) is 11.9 Å². The molecule has 9 nitrogen and oxygen atoms in total. The molecule has 0 amide bonds. The fraction of sp³-hybridized carbons (Fsp3) is 0.923. The van der Waals surface area contributed by atoms with Gasteiger partial charge in [0.2, 0.25) is 12.1 Å². The van der Waals surface area contributed by atoms with Crippen LogP contribution in [0.3, 0.4) is 0 Å². The lowest BCUT2D eigenvalue weighted by molar-refractivity contribution is -0.588. The van der Waals surface area contributed by atoms with Crippen molar-refractivity contribution in [2.24, 2.45) is 5.92 Å². The van der Waals surface area contributed by atoms with E-state index in [9.17, 15) is 35.2 Å². The normalized spacial score (nSPS) is 36.9. The molecule has 6 atom stereocenters. The molecule has 11 heteroatoms. The maximum absolute atomic E-state index is 11.8. The summed E-state index contributed by atoms with van der Waals surface area (Å²) < 4.78 is 0. The maximum Gasteiger partial charge on any atom is 0.221 e. The molecule has 6 unspecified atom stereocenters. The Morgan fingerprint density at radius 1 is 0.875 bits per heavy atom. The number of carboxylic acid groups (broad SMARTS) is 1. The fourth-order valence-corrected chi connectivity index (χ4v) is 6.60. The topological polar surface area (TPSA) is 149 Å². The van der Waals surface area contributed by atoms with Crippen LogP contribution in [-0.4, -0.2) is 44.5 Å². The van der Waals surface area contributed by atoms with Crippen LogP contribution in [0, 0.1) is 26.1 Å². The molecular weight excluding hydrogens is 360 g/mol. The zero-order valence-electron chi connectivity index (χ0n) is 12.8. The van der Waals surface area contributed by atoms with Gasteiger partial charge in [0, 0.05) is 33.2 Å². The highest BCUT2D eigenvalue weighted by molar-refractivity contribution is 8.77. The van der Waals surface area contributed by atoms with E-state index in [2.05, 4.69) is 0 Å². The number of carboxylic acids is 1. The summed E-state index contributed by atoms with van der Waals surface area (Å²) >= 11 is 0. The molecule has 0 radical (unpaired) electrons. The van der Waals surface area contributed by atoms with Crippen molar-refractivity contribution in [2.75, 3.05) is 0 Å². The number of nitrogens with zero attached hydrogens (tertiary/aromatic N) is 2. The van der Waals surface area contributed by atoms with Gasteiger partial charge in [-0.25, -0.2) is 0 Å². The minimum Gasteiger partial charge on any atom is -0.847 e. The van der Waals surface area contributed by atoms with E-state index in [-0.39, 0.29) is 36.2 Å². The van der Waals surface area contributed by atoms with Gasteiger partial charge in [0.15, 0.2) is 0 Å². The van der Waals surface area contributed by atoms with Crippen molar-refractivity contribution < 1.29 is 24.9 Å². The fourth-order valence-electron chi connectivity index (χ4n) is 3.27. The van der Waals surface area contributed by atoms with Gasteiger partial charge in [-0.3, -0.25) is 20.2 Å². The molecule has 0 aromatic heterocycles. The molecule has 0 aromatic rings. The van der Waals surface area contributed by atoms with Gasteiger partial charge >= 0.3 is 0 Å². The Morgan fingerprint density at radius 2 is 1.38 bits per heavy atom. The zero-order valence-corrected chi connectivity index (χ0v) is 14.4. The SMILES string of the molecule is O=C([O-])C1CC(SSC2CCC([N+](=O)[O-])C([O-])C2)CCC1[N+](=O)[O-]. The van der Waals surface area contributed by atoms with E-state index in [1.54, 1.807) is 0 Å². The van der Waals surface area contributed by atoms with E-state index < -0.39 is 39.9 Å². The second kappa shape index (κ2) is 8.34. The van der Waals surface area contributed by atoms with Crippen LogP contribution in [-0.2, 0) is 4.79 Å². The van der Waals surface area contributed by atoms with Crippen molar-refractivity contribution >= 4 is 27.6 Å². The average Bonchev–Trinajstić information content (AvgIpc) is 2.52. The van der Waals surface area contributed by atoms with Crippen LogP contribution in [0.5, 0.6) is 0 Å². The molecule has 24 heavy (non-hydrogen) atoms. The average molecular weight is 378 g/mol. The van der Waals surface area contributed by atoms with Gasteiger partial charge in [-0.2, -0.15) is 0 Å². The summed E-state index contributed by atoms with van der Waals surface area (Å²) in [5.74, 6) is -2.48. The Balaban J connectivity index is 1.82. The molecule has 0 spiro atoms. The summed E-state index contributed by atoms with van der Waals surface area (Å²) in [4.78, 5) is 31.7.